The average molecular weight is 287 g/mol. The first kappa shape index (κ1) is 15.5. The van der Waals surface area contributed by atoms with Crippen LogP contribution >= 0.6 is 0 Å². The van der Waals surface area contributed by atoms with E-state index in [4.69, 9.17) is 5.73 Å². The zero-order chi connectivity index (χ0) is 15.2. The summed E-state index contributed by atoms with van der Waals surface area (Å²) in [7, 11) is 0. The number of rotatable bonds is 7. The Morgan fingerprint density at radius 1 is 1.29 bits per heavy atom. The Labute approximate surface area is 126 Å². The first-order valence-electron chi connectivity index (χ1n) is 7.78. The van der Waals surface area contributed by atoms with Crippen molar-refractivity contribution in [2.24, 2.45) is 5.92 Å². The lowest BCUT2D eigenvalue weighted by Crippen LogP contribution is -2.13. The van der Waals surface area contributed by atoms with Crippen LogP contribution in [-0.2, 0) is 6.54 Å². The Hall–Kier alpha value is -1.91. The van der Waals surface area contributed by atoms with Crippen LogP contribution in [-0.4, -0.2) is 20.2 Å². The van der Waals surface area contributed by atoms with Gasteiger partial charge >= 0.3 is 0 Å². The molecule has 0 saturated carbocycles. The van der Waals surface area contributed by atoms with Crippen molar-refractivity contribution in [2.45, 2.75) is 53.0 Å². The summed E-state index contributed by atoms with van der Waals surface area (Å²) >= 11 is 0. The zero-order valence-electron chi connectivity index (χ0n) is 13.2. The van der Waals surface area contributed by atoms with Crippen LogP contribution in [0.4, 0.5) is 5.69 Å². The van der Waals surface area contributed by atoms with Crippen LogP contribution < -0.4 is 5.73 Å². The Balaban J connectivity index is 2.21. The van der Waals surface area contributed by atoms with Gasteiger partial charge < -0.3 is 5.73 Å². The van der Waals surface area contributed by atoms with Gasteiger partial charge in [-0.3, -0.25) is 0 Å². The van der Waals surface area contributed by atoms with E-state index >= 15 is 0 Å². The van der Waals surface area contributed by atoms with Gasteiger partial charge in [0.05, 0.1) is 0 Å². The van der Waals surface area contributed by atoms with E-state index in [1.54, 1.807) is 0 Å². The van der Waals surface area contributed by atoms with E-state index in [2.05, 4.69) is 29.4 Å². The van der Waals surface area contributed by atoms with Crippen molar-refractivity contribution in [1.82, 2.24) is 20.2 Å². The first-order chi connectivity index (χ1) is 10.2. The Morgan fingerprint density at radius 2 is 2.10 bits per heavy atom. The minimum absolute atomic E-state index is 0.626. The third-order valence-corrected chi connectivity index (χ3v) is 4.00. The van der Waals surface area contributed by atoms with Crippen molar-refractivity contribution >= 4 is 5.69 Å². The van der Waals surface area contributed by atoms with Crippen molar-refractivity contribution in [2.75, 3.05) is 5.73 Å². The summed E-state index contributed by atoms with van der Waals surface area (Å²) in [5, 5.41) is 12.2. The quantitative estimate of drug-likeness (QED) is 0.792. The van der Waals surface area contributed by atoms with Gasteiger partial charge in [0, 0.05) is 17.8 Å². The third kappa shape index (κ3) is 3.80. The van der Waals surface area contributed by atoms with Crippen LogP contribution in [0.1, 0.15) is 45.1 Å². The summed E-state index contributed by atoms with van der Waals surface area (Å²) in [5.41, 5.74) is 8.75. The molecule has 1 aromatic carbocycles. The van der Waals surface area contributed by atoms with E-state index in [1.807, 2.05) is 29.8 Å². The van der Waals surface area contributed by atoms with E-state index in [0.717, 1.165) is 35.6 Å². The maximum atomic E-state index is 5.82. The molecule has 0 amide bonds. The second-order valence-electron chi connectivity index (χ2n) is 5.68. The van der Waals surface area contributed by atoms with E-state index in [9.17, 15) is 0 Å². The number of tetrazole rings is 1. The molecule has 0 aliphatic carbocycles. The second kappa shape index (κ2) is 7.20. The Kier molecular flexibility index (Phi) is 5.31. The summed E-state index contributed by atoms with van der Waals surface area (Å²) in [4.78, 5) is 0. The minimum Gasteiger partial charge on any atom is -0.399 e. The molecule has 21 heavy (non-hydrogen) atoms. The van der Waals surface area contributed by atoms with Gasteiger partial charge in [0.1, 0.15) is 0 Å². The topological polar surface area (TPSA) is 69.6 Å². The van der Waals surface area contributed by atoms with Crippen LogP contribution in [0.5, 0.6) is 0 Å². The molecular formula is C16H25N5. The predicted molar refractivity (Wildman–Crippen MR) is 85.7 cm³/mol. The van der Waals surface area contributed by atoms with Gasteiger partial charge in [0.2, 0.25) is 0 Å². The fraction of sp³-hybridized carbons (Fsp3) is 0.562. The number of unbranched alkanes of at least 4 members (excludes halogenated alkanes) is 1. The highest BCUT2D eigenvalue weighted by Crippen LogP contribution is 2.24. The molecule has 114 valence electrons. The number of hydrogen-bond donors (Lipinski definition) is 1. The largest absolute Gasteiger partial charge is 0.399 e. The first-order valence-corrected chi connectivity index (χ1v) is 7.78. The van der Waals surface area contributed by atoms with Crippen molar-refractivity contribution < 1.29 is 0 Å². The van der Waals surface area contributed by atoms with Crippen LogP contribution in [0.3, 0.4) is 0 Å². The number of nitrogens with two attached hydrogens (primary N) is 1. The lowest BCUT2D eigenvalue weighted by molar-refractivity contribution is 0.370. The molecule has 0 spiro atoms. The van der Waals surface area contributed by atoms with Gasteiger partial charge in [-0.25, -0.2) is 4.68 Å². The molecule has 5 heteroatoms. The van der Waals surface area contributed by atoms with Gasteiger partial charge in [0.25, 0.3) is 0 Å². The van der Waals surface area contributed by atoms with Crippen LogP contribution in [0.15, 0.2) is 18.2 Å². The minimum atomic E-state index is 0.626. The van der Waals surface area contributed by atoms with Crippen LogP contribution in [0, 0.1) is 12.8 Å². The third-order valence-electron chi connectivity index (χ3n) is 4.00. The molecule has 0 fully saturated rings. The highest BCUT2D eigenvalue weighted by Gasteiger charge is 2.15. The van der Waals surface area contributed by atoms with Gasteiger partial charge in [-0.2, -0.15) is 0 Å². The lowest BCUT2D eigenvalue weighted by Gasteiger charge is -2.15. The van der Waals surface area contributed by atoms with Crippen molar-refractivity contribution in [3.63, 3.8) is 0 Å². The maximum absolute atomic E-state index is 5.82. The normalized spacial score (nSPS) is 12.5. The Bertz CT molecular complexity index is 576. The van der Waals surface area contributed by atoms with Crippen molar-refractivity contribution in [1.29, 1.82) is 0 Å². The summed E-state index contributed by atoms with van der Waals surface area (Å²) in [6, 6.07) is 5.86. The number of nitrogen functional groups attached to an aromatic ring is 1. The number of nitrogens with zero attached hydrogens (tertiary/aromatic N) is 4. The molecule has 0 bridgehead atoms. The number of aryl methyl sites for hydroxylation is 1. The number of benzene rings is 1. The van der Waals surface area contributed by atoms with Crippen molar-refractivity contribution in [3.8, 4) is 11.4 Å². The number of aromatic nitrogens is 4. The van der Waals surface area contributed by atoms with Gasteiger partial charge in [-0.05, 0) is 53.5 Å². The summed E-state index contributed by atoms with van der Waals surface area (Å²) in [6.07, 6.45) is 4.87. The predicted octanol–water partition coefficient (Wildman–Crippen LogP) is 3.45. The highest BCUT2D eigenvalue weighted by atomic mass is 15.5. The van der Waals surface area contributed by atoms with E-state index in [0.29, 0.717) is 5.92 Å². The molecule has 0 saturated heterocycles. The molecule has 0 radical (unpaired) electrons. The van der Waals surface area contributed by atoms with Crippen LogP contribution in [0.25, 0.3) is 11.4 Å². The molecule has 2 N–H and O–H groups in total. The molecule has 1 aromatic heterocycles. The van der Waals surface area contributed by atoms with Gasteiger partial charge in [-0.15, -0.1) is 5.10 Å². The monoisotopic (exact) mass is 287 g/mol. The molecule has 1 atom stereocenters. The SMILES string of the molecule is CCCCC(CC)Cn1nnnc1-c1ccc(N)cc1C. The molecule has 2 rings (SSSR count). The standard InChI is InChI=1S/C16H25N5/c1-4-6-7-13(5-2)11-21-16(18-19-20-21)15-9-8-14(17)10-12(15)3/h8-10,13H,4-7,11,17H2,1-3H3. The van der Waals surface area contributed by atoms with E-state index < -0.39 is 0 Å². The van der Waals surface area contributed by atoms with Crippen molar-refractivity contribution in [3.05, 3.63) is 23.8 Å². The molecule has 5 nitrogen and oxygen atoms in total. The summed E-state index contributed by atoms with van der Waals surface area (Å²) in [6.45, 7) is 7.38. The summed E-state index contributed by atoms with van der Waals surface area (Å²) < 4.78 is 1.93. The maximum Gasteiger partial charge on any atom is 0.182 e. The number of hydrogen-bond acceptors (Lipinski definition) is 4. The second-order valence-corrected chi connectivity index (χ2v) is 5.68. The molecular weight excluding hydrogens is 262 g/mol. The zero-order valence-corrected chi connectivity index (χ0v) is 13.2. The van der Waals surface area contributed by atoms with Crippen LogP contribution in [0.2, 0.25) is 0 Å². The molecule has 0 aliphatic rings. The molecule has 2 aromatic rings. The average Bonchev–Trinajstić information content (AvgIpc) is 2.91. The highest BCUT2D eigenvalue weighted by molar-refractivity contribution is 5.63. The fourth-order valence-corrected chi connectivity index (χ4v) is 2.62. The summed E-state index contributed by atoms with van der Waals surface area (Å²) in [5.74, 6) is 1.46. The molecule has 1 heterocycles. The number of anilines is 1. The van der Waals surface area contributed by atoms with E-state index in [1.165, 1.54) is 19.3 Å². The van der Waals surface area contributed by atoms with E-state index in [-0.39, 0.29) is 0 Å². The Morgan fingerprint density at radius 3 is 2.76 bits per heavy atom. The fourth-order valence-electron chi connectivity index (χ4n) is 2.62. The smallest absolute Gasteiger partial charge is 0.182 e. The molecule has 0 aliphatic heterocycles. The van der Waals surface area contributed by atoms with Gasteiger partial charge in [0.15, 0.2) is 5.82 Å². The van der Waals surface area contributed by atoms with Gasteiger partial charge in [-0.1, -0.05) is 33.1 Å². The lowest BCUT2D eigenvalue weighted by atomic mass is 9.99. The molecule has 1 unspecified atom stereocenters.